The molecule has 0 aliphatic carbocycles. The first-order chi connectivity index (χ1) is 13.3. The van der Waals surface area contributed by atoms with Crippen molar-refractivity contribution in [1.82, 2.24) is 15.5 Å². The monoisotopic (exact) mass is 538 g/mol. The molecular weight excluding hydrogens is 503 g/mol. The number of sulfone groups is 1. The lowest BCUT2D eigenvalue weighted by atomic mass is 10.0. The van der Waals surface area contributed by atoms with Gasteiger partial charge < -0.3 is 15.4 Å². The van der Waals surface area contributed by atoms with Crippen LogP contribution in [0.25, 0.3) is 0 Å². The van der Waals surface area contributed by atoms with Crippen LogP contribution in [0.15, 0.2) is 34.2 Å². The van der Waals surface area contributed by atoms with Gasteiger partial charge in [0.15, 0.2) is 15.8 Å². The first-order valence-electron chi connectivity index (χ1n) is 9.85. The maximum Gasteiger partial charge on any atom is 0.191 e. The highest BCUT2D eigenvalue weighted by Crippen LogP contribution is 2.13. The number of hydrogen-bond acceptors (Lipinski definition) is 5. The van der Waals surface area contributed by atoms with Crippen molar-refractivity contribution in [2.24, 2.45) is 10.9 Å². The zero-order valence-corrected chi connectivity index (χ0v) is 21.0. The lowest BCUT2D eigenvalue weighted by molar-refractivity contribution is 0.0132. The molecule has 2 rings (SSSR count). The van der Waals surface area contributed by atoms with Crippen LogP contribution >= 0.6 is 24.0 Å². The van der Waals surface area contributed by atoms with E-state index in [1.807, 2.05) is 12.1 Å². The van der Waals surface area contributed by atoms with Gasteiger partial charge in [-0.05, 0) is 30.0 Å². The van der Waals surface area contributed by atoms with E-state index >= 15 is 0 Å². The molecule has 0 aromatic heterocycles. The molecule has 1 saturated heterocycles. The fourth-order valence-corrected chi connectivity index (χ4v) is 3.95. The summed E-state index contributed by atoms with van der Waals surface area (Å²) in [7, 11) is -1.41. The molecule has 0 saturated carbocycles. The zero-order valence-electron chi connectivity index (χ0n) is 17.8. The fraction of sp³-hybridized carbons (Fsp3) is 0.650. The van der Waals surface area contributed by atoms with E-state index in [9.17, 15) is 8.42 Å². The van der Waals surface area contributed by atoms with Gasteiger partial charge in [-0.25, -0.2) is 8.42 Å². The topological polar surface area (TPSA) is 83.0 Å². The van der Waals surface area contributed by atoms with Crippen molar-refractivity contribution in [3.63, 3.8) is 0 Å². The number of nitrogens with zero attached hydrogens (tertiary/aromatic N) is 2. The van der Waals surface area contributed by atoms with Crippen molar-refractivity contribution in [2.75, 3.05) is 46.2 Å². The quantitative estimate of drug-likeness (QED) is 0.300. The second kappa shape index (κ2) is 12.7. The molecule has 1 unspecified atom stereocenters. The molecule has 166 valence electrons. The summed E-state index contributed by atoms with van der Waals surface area (Å²) in [6.07, 6.45) is 2.34. The molecule has 2 N–H and O–H groups in total. The maximum atomic E-state index is 11.6. The van der Waals surface area contributed by atoms with Gasteiger partial charge >= 0.3 is 0 Å². The minimum atomic E-state index is -3.16. The number of hydrogen-bond donors (Lipinski definition) is 2. The Labute approximate surface area is 192 Å². The van der Waals surface area contributed by atoms with Crippen LogP contribution < -0.4 is 10.6 Å². The maximum absolute atomic E-state index is 11.6. The predicted octanol–water partition coefficient (Wildman–Crippen LogP) is 2.12. The Kier molecular flexibility index (Phi) is 11.4. The van der Waals surface area contributed by atoms with Gasteiger partial charge in [0.05, 0.1) is 18.1 Å². The minimum absolute atomic E-state index is 0. The molecule has 1 aliphatic rings. The van der Waals surface area contributed by atoms with Crippen LogP contribution in [0.5, 0.6) is 0 Å². The molecule has 0 spiro atoms. The van der Waals surface area contributed by atoms with E-state index in [0.29, 0.717) is 23.4 Å². The van der Waals surface area contributed by atoms with Gasteiger partial charge in [-0.2, -0.15) is 0 Å². The smallest absolute Gasteiger partial charge is 0.191 e. The Hall–Kier alpha value is -0.910. The number of guanidine groups is 1. The third kappa shape index (κ3) is 9.18. The first-order valence-corrected chi connectivity index (χ1v) is 11.7. The Morgan fingerprint density at radius 2 is 1.79 bits per heavy atom. The van der Waals surface area contributed by atoms with Gasteiger partial charge in [0, 0.05) is 45.5 Å². The normalized spacial score (nSPS) is 16.9. The van der Waals surface area contributed by atoms with E-state index in [0.717, 1.165) is 50.8 Å². The Balaban J connectivity index is 0.00000420. The van der Waals surface area contributed by atoms with Gasteiger partial charge in [-0.15, -0.1) is 24.0 Å². The largest absolute Gasteiger partial charge is 0.379 e. The number of rotatable bonds is 8. The van der Waals surface area contributed by atoms with Crippen LogP contribution in [0.2, 0.25) is 0 Å². The molecule has 7 nitrogen and oxygen atoms in total. The first kappa shape index (κ1) is 26.1. The lowest BCUT2D eigenvalue weighted by Crippen LogP contribution is -2.50. The molecule has 9 heteroatoms. The van der Waals surface area contributed by atoms with E-state index in [-0.39, 0.29) is 24.0 Å². The molecule has 1 fully saturated rings. The second-order valence-corrected chi connectivity index (χ2v) is 9.67. The molecule has 1 aromatic carbocycles. The number of morpholine rings is 1. The molecule has 0 bridgehead atoms. The third-order valence-corrected chi connectivity index (χ3v) is 5.97. The summed E-state index contributed by atoms with van der Waals surface area (Å²) in [5.74, 6) is 1.37. The summed E-state index contributed by atoms with van der Waals surface area (Å²) in [5, 5.41) is 6.74. The summed E-state index contributed by atoms with van der Waals surface area (Å²) in [4.78, 5) is 7.14. The summed E-state index contributed by atoms with van der Waals surface area (Å²) in [5.41, 5.74) is 1.00. The lowest BCUT2D eigenvalue weighted by Gasteiger charge is -2.35. The molecule has 0 radical (unpaired) electrons. The molecule has 1 aliphatic heterocycles. The molecule has 1 atom stereocenters. The van der Waals surface area contributed by atoms with E-state index in [1.165, 1.54) is 6.26 Å². The molecule has 1 aromatic rings. The van der Waals surface area contributed by atoms with Gasteiger partial charge in [0.1, 0.15) is 0 Å². The van der Waals surface area contributed by atoms with Crippen LogP contribution in [-0.4, -0.2) is 71.5 Å². The van der Waals surface area contributed by atoms with Crippen molar-refractivity contribution in [2.45, 2.75) is 37.8 Å². The summed E-state index contributed by atoms with van der Waals surface area (Å²) in [6, 6.07) is 7.37. The van der Waals surface area contributed by atoms with Crippen molar-refractivity contribution >= 4 is 39.8 Å². The van der Waals surface area contributed by atoms with E-state index < -0.39 is 9.84 Å². The molecule has 29 heavy (non-hydrogen) atoms. The van der Waals surface area contributed by atoms with Crippen molar-refractivity contribution in [3.05, 3.63) is 29.8 Å². The molecular formula is C20H35IN4O3S. The highest BCUT2D eigenvalue weighted by molar-refractivity contribution is 14.0. The van der Waals surface area contributed by atoms with Gasteiger partial charge in [-0.3, -0.25) is 9.89 Å². The minimum Gasteiger partial charge on any atom is -0.379 e. The summed E-state index contributed by atoms with van der Waals surface area (Å²) >= 11 is 0. The average Bonchev–Trinajstić information content (AvgIpc) is 2.67. The Morgan fingerprint density at radius 3 is 2.31 bits per heavy atom. The second-order valence-electron chi connectivity index (χ2n) is 7.65. The number of benzene rings is 1. The van der Waals surface area contributed by atoms with Crippen LogP contribution in [0.3, 0.4) is 0 Å². The van der Waals surface area contributed by atoms with Crippen molar-refractivity contribution in [3.8, 4) is 0 Å². The van der Waals surface area contributed by atoms with Crippen molar-refractivity contribution in [1.29, 1.82) is 0 Å². The molecule has 1 heterocycles. The number of halogens is 1. The Morgan fingerprint density at radius 1 is 1.17 bits per heavy atom. The van der Waals surface area contributed by atoms with Crippen LogP contribution in [0.4, 0.5) is 0 Å². The van der Waals surface area contributed by atoms with Gasteiger partial charge in [-0.1, -0.05) is 26.0 Å². The SMILES string of the molecule is CN=C(NCc1ccc(S(C)(=O)=O)cc1)NCC(CC(C)C)N1CCOCC1.I. The predicted molar refractivity (Wildman–Crippen MR) is 129 cm³/mol. The summed E-state index contributed by atoms with van der Waals surface area (Å²) < 4.78 is 28.6. The van der Waals surface area contributed by atoms with Crippen LogP contribution in [-0.2, 0) is 21.1 Å². The molecule has 0 amide bonds. The van der Waals surface area contributed by atoms with Crippen molar-refractivity contribution < 1.29 is 13.2 Å². The standard InChI is InChI=1S/C20H34N4O3S.HI/c1-16(2)13-18(24-9-11-27-12-10-24)15-23-20(21-3)22-14-17-5-7-19(8-6-17)28(4,25)26;/h5-8,16,18H,9-15H2,1-4H3,(H2,21,22,23);1H. The number of nitrogens with one attached hydrogen (secondary N) is 2. The van der Waals surface area contributed by atoms with E-state index in [2.05, 4.69) is 34.4 Å². The van der Waals surface area contributed by atoms with Gasteiger partial charge in [0.25, 0.3) is 0 Å². The van der Waals surface area contributed by atoms with Crippen LogP contribution in [0, 0.1) is 5.92 Å². The van der Waals surface area contributed by atoms with E-state index in [1.54, 1.807) is 19.2 Å². The van der Waals surface area contributed by atoms with E-state index in [4.69, 9.17) is 4.74 Å². The van der Waals surface area contributed by atoms with Gasteiger partial charge in [0.2, 0.25) is 0 Å². The highest BCUT2D eigenvalue weighted by atomic mass is 127. The third-order valence-electron chi connectivity index (χ3n) is 4.85. The number of ether oxygens (including phenoxy) is 1. The fourth-order valence-electron chi connectivity index (χ4n) is 3.32. The summed E-state index contributed by atoms with van der Waals surface area (Å²) in [6.45, 7) is 9.44. The Bertz CT molecular complexity index is 733. The average molecular weight is 538 g/mol. The highest BCUT2D eigenvalue weighted by Gasteiger charge is 2.22. The van der Waals surface area contributed by atoms with Crippen LogP contribution in [0.1, 0.15) is 25.8 Å². The number of aliphatic imine (C=N–C) groups is 1. The zero-order chi connectivity index (χ0) is 20.6.